The van der Waals surface area contributed by atoms with Crippen LogP contribution in [0.15, 0.2) is 0 Å². The van der Waals surface area contributed by atoms with E-state index in [1.54, 1.807) is 0 Å². The molecule has 1 fully saturated rings. The second-order valence-corrected chi connectivity index (χ2v) is 5.85. The number of aliphatic hydroxyl groups excluding tert-OH is 1. The van der Waals surface area contributed by atoms with Gasteiger partial charge in [0.05, 0.1) is 7.05 Å². The lowest BCUT2D eigenvalue weighted by Crippen LogP contribution is -2.62. The highest BCUT2D eigenvalue weighted by molar-refractivity contribution is 8.14. The standard InChI is InChI=1S/C11H16F4N2O3S/c1-10(19,11(13,14)15)8-7(18)5(12)4-6(20-8)21-9(16-2)17-3/h5-8,18-19H,2,4H2,1,3H3/p+1. The van der Waals surface area contributed by atoms with E-state index in [2.05, 4.69) is 16.7 Å². The van der Waals surface area contributed by atoms with E-state index in [1.165, 1.54) is 7.05 Å². The third-order valence-electron chi connectivity index (χ3n) is 3.13. The van der Waals surface area contributed by atoms with Gasteiger partial charge in [0.2, 0.25) is 0 Å². The highest BCUT2D eigenvalue weighted by atomic mass is 32.2. The van der Waals surface area contributed by atoms with Gasteiger partial charge in [0.1, 0.15) is 23.8 Å². The lowest BCUT2D eigenvalue weighted by atomic mass is 9.89. The highest BCUT2D eigenvalue weighted by Crippen LogP contribution is 2.41. The Morgan fingerprint density at radius 3 is 2.48 bits per heavy atom. The monoisotopic (exact) mass is 333 g/mol. The van der Waals surface area contributed by atoms with Crippen LogP contribution >= 0.6 is 11.8 Å². The molecule has 1 aliphatic heterocycles. The van der Waals surface area contributed by atoms with Gasteiger partial charge in [-0.15, -0.1) is 0 Å². The van der Waals surface area contributed by atoms with Crippen LogP contribution in [-0.4, -0.2) is 64.7 Å². The average molecular weight is 333 g/mol. The van der Waals surface area contributed by atoms with Gasteiger partial charge in [-0.2, -0.15) is 13.2 Å². The lowest BCUT2D eigenvalue weighted by molar-refractivity contribution is -0.313. The Labute approximate surface area is 123 Å². The number of halogens is 4. The minimum atomic E-state index is -5.07. The number of hydrogen-bond acceptors (Lipinski definition) is 4. The van der Waals surface area contributed by atoms with Gasteiger partial charge in [-0.3, -0.25) is 5.32 Å². The van der Waals surface area contributed by atoms with Gasteiger partial charge >= 0.3 is 11.3 Å². The summed E-state index contributed by atoms with van der Waals surface area (Å²) in [4.78, 5) is 0. The first kappa shape index (κ1) is 18.2. The first-order chi connectivity index (χ1) is 9.54. The molecule has 10 heteroatoms. The van der Waals surface area contributed by atoms with Crippen molar-refractivity contribution in [1.29, 1.82) is 0 Å². The van der Waals surface area contributed by atoms with Crippen LogP contribution in [0.2, 0.25) is 0 Å². The number of nitrogens with zero attached hydrogens (tertiary/aromatic N) is 1. The molecule has 5 atom stereocenters. The molecule has 0 aliphatic carbocycles. The molecule has 5 nitrogen and oxygen atoms in total. The summed E-state index contributed by atoms with van der Waals surface area (Å²) in [6.45, 7) is 3.68. The van der Waals surface area contributed by atoms with E-state index < -0.39 is 35.6 Å². The fraction of sp³-hybridized carbons (Fsp3) is 0.818. The molecule has 0 aromatic carbocycles. The van der Waals surface area contributed by atoms with Crippen molar-refractivity contribution in [2.24, 2.45) is 0 Å². The van der Waals surface area contributed by atoms with Gasteiger partial charge in [-0.1, -0.05) is 0 Å². The van der Waals surface area contributed by atoms with Crippen LogP contribution < -0.4 is 9.98 Å². The summed E-state index contributed by atoms with van der Waals surface area (Å²) < 4.78 is 60.8. The second-order valence-electron chi connectivity index (χ2n) is 4.70. The third kappa shape index (κ3) is 3.89. The number of rotatable bonds is 2. The van der Waals surface area contributed by atoms with Gasteiger partial charge in [0, 0.05) is 18.2 Å². The summed E-state index contributed by atoms with van der Waals surface area (Å²) in [6, 6.07) is 0. The first-order valence-corrected chi connectivity index (χ1v) is 6.87. The molecule has 3 N–H and O–H groups in total. The molecule has 0 radical (unpaired) electrons. The zero-order valence-corrected chi connectivity index (χ0v) is 12.2. The predicted molar refractivity (Wildman–Crippen MR) is 71.8 cm³/mol. The van der Waals surface area contributed by atoms with Gasteiger partial charge < -0.3 is 14.9 Å². The number of amidine groups is 1. The van der Waals surface area contributed by atoms with Crippen molar-refractivity contribution < 1.29 is 32.5 Å². The topological polar surface area (TPSA) is 75.8 Å². The quantitative estimate of drug-likeness (QED) is 0.291. The van der Waals surface area contributed by atoms with Crippen LogP contribution in [0.3, 0.4) is 0 Å². The van der Waals surface area contributed by atoms with Gasteiger partial charge in [-0.05, 0) is 6.92 Å². The normalized spacial score (nSPS) is 33.0. The second kappa shape index (κ2) is 6.53. The zero-order valence-electron chi connectivity index (χ0n) is 11.4. The van der Waals surface area contributed by atoms with E-state index in [1.807, 2.05) is 0 Å². The van der Waals surface area contributed by atoms with Crippen LogP contribution in [-0.2, 0) is 4.74 Å². The molecule has 0 spiro atoms. The number of ether oxygens (including phenoxy) is 1. The first-order valence-electron chi connectivity index (χ1n) is 5.99. The maximum atomic E-state index is 13.8. The van der Waals surface area contributed by atoms with Crippen LogP contribution in [0.1, 0.15) is 13.3 Å². The van der Waals surface area contributed by atoms with Crippen LogP contribution in [0.4, 0.5) is 17.6 Å². The summed E-state index contributed by atoms with van der Waals surface area (Å²) >= 11 is 0.827. The average Bonchev–Trinajstić information content (AvgIpc) is 2.38. The fourth-order valence-electron chi connectivity index (χ4n) is 1.81. The summed E-state index contributed by atoms with van der Waals surface area (Å²) in [5.41, 5.74) is -4.42. The molecule has 0 amide bonds. The van der Waals surface area contributed by atoms with E-state index in [9.17, 15) is 27.8 Å². The van der Waals surface area contributed by atoms with Gasteiger partial charge in [0.25, 0.3) is 0 Å². The molecule has 1 aliphatic rings. The number of aliphatic hydroxyl groups is 2. The van der Waals surface area contributed by atoms with Crippen molar-refractivity contribution in [1.82, 2.24) is 9.98 Å². The van der Waals surface area contributed by atoms with Crippen molar-refractivity contribution in [3.63, 3.8) is 0 Å². The Morgan fingerprint density at radius 1 is 1.48 bits per heavy atom. The summed E-state index contributed by atoms with van der Waals surface area (Å²) in [7, 11) is 1.50. The highest BCUT2D eigenvalue weighted by Gasteiger charge is 2.61. The molecule has 0 bridgehead atoms. The Kier molecular flexibility index (Phi) is 5.68. The van der Waals surface area contributed by atoms with Crippen molar-refractivity contribution in [3.8, 4) is 0 Å². The lowest BCUT2D eigenvalue weighted by Gasteiger charge is -2.42. The minimum Gasteiger partial charge on any atom is -0.387 e. The van der Waals surface area contributed by atoms with E-state index in [4.69, 9.17) is 4.74 Å². The Balaban J connectivity index is 2.96. The van der Waals surface area contributed by atoms with Crippen LogP contribution in [0, 0.1) is 0 Å². The molecule has 1 heterocycles. The van der Waals surface area contributed by atoms with Crippen LogP contribution in [0.25, 0.3) is 0 Å². The third-order valence-corrected chi connectivity index (χ3v) is 4.25. The van der Waals surface area contributed by atoms with E-state index in [-0.39, 0.29) is 11.6 Å². The van der Waals surface area contributed by atoms with Crippen molar-refractivity contribution in [3.05, 3.63) is 0 Å². The van der Waals surface area contributed by atoms with E-state index in [0.717, 1.165) is 11.8 Å². The number of thioether (sulfide) groups is 1. The van der Waals surface area contributed by atoms with E-state index in [0.29, 0.717) is 6.92 Å². The number of alkyl halides is 4. The molecule has 0 aromatic heterocycles. The summed E-state index contributed by atoms with van der Waals surface area (Å²) in [5.74, 6) is 0. The van der Waals surface area contributed by atoms with Gasteiger partial charge in [0.15, 0.2) is 12.3 Å². The minimum absolute atomic E-state index is 0.231. The van der Waals surface area contributed by atoms with E-state index >= 15 is 0 Å². The maximum absolute atomic E-state index is 13.8. The van der Waals surface area contributed by atoms with Gasteiger partial charge in [-0.25, -0.2) is 9.06 Å². The molecular weight excluding hydrogens is 316 g/mol. The zero-order chi connectivity index (χ0) is 16.4. The van der Waals surface area contributed by atoms with Crippen molar-refractivity contribution in [2.75, 3.05) is 7.05 Å². The number of nitrogens with one attached hydrogen (secondary N) is 1. The summed E-state index contributed by atoms with van der Waals surface area (Å²) in [5, 5.41) is 22.0. The fourth-order valence-corrected chi connectivity index (χ4v) is 2.71. The number of hydrogen-bond donors (Lipinski definition) is 3. The molecule has 21 heavy (non-hydrogen) atoms. The molecule has 1 rings (SSSR count). The van der Waals surface area contributed by atoms with Crippen molar-refractivity contribution in [2.45, 2.75) is 48.9 Å². The Morgan fingerprint density at radius 2 is 2.05 bits per heavy atom. The Hall–Kier alpha value is -0.800. The van der Waals surface area contributed by atoms with Crippen LogP contribution in [0.5, 0.6) is 0 Å². The largest absolute Gasteiger partial charge is 0.419 e. The molecule has 1 saturated heterocycles. The molecule has 0 aromatic rings. The molecular formula is C11H17F4N2O3S+. The molecule has 0 saturated carbocycles. The molecule has 122 valence electrons. The predicted octanol–water partition coefficient (Wildman–Crippen LogP) is 0.190. The summed E-state index contributed by atoms with van der Waals surface area (Å²) in [6.07, 6.45) is -11.6. The smallest absolute Gasteiger partial charge is 0.387 e. The van der Waals surface area contributed by atoms with Crippen molar-refractivity contribution >= 4 is 23.6 Å². The SMILES string of the molecule is C=[N+]=C(NC)SC1CC(F)C(O)C(C(C)(O)C(F)(F)F)O1. The molecule has 5 unspecified atom stereocenters. The Bertz CT molecular complexity index is 426. The maximum Gasteiger partial charge on any atom is 0.419 e.